The molecule has 6 amide bonds. The molecule has 34 heavy (non-hydrogen) atoms. The van der Waals surface area contributed by atoms with Gasteiger partial charge in [0.1, 0.15) is 0 Å². The van der Waals surface area contributed by atoms with E-state index in [1.807, 2.05) is 0 Å². The van der Waals surface area contributed by atoms with Crippen molar-refractivity contribution in [2.45, 2.75) is 20.8 Å². The van der Waals surface area contributed by atoms with E-state index in [1.165, 1.54) is 12.1 Å². The van der Waals surface area contributed by atoms with Crippen molar-refractivity contribution in [3.63, 3.8) is 0 Å². The van der Waals surface area contributed by atoms with Crippen LogP contribution in [0, 0.1) is 11.3 Å². The summed E-state index contributed by atoms with van der Waals surface area (Å²) in [7, 11) is 0. The third-order valence-electron chi connectivity index (χ3n) is 4.76. The molecule has 0 radical (unpaired) electrons. The number of carbonyl (C=O) groups is 5. The van der Waals surface area contributed by atoms with Gasteiger partial charge in [-0.05, 0) is 48.5 Å². The van der Waals surface area contributed by atoms with Crippen LogP contribution in [-0.4, -0.2) is 35.9 Å². The third kappa shape index (κ3) is 5.73. The van der Waals surface area contributed by atoms with Gasteiger partial charge in [-0.2, -0.15) is 5.10 Å². The number of rotatable bonds is 5. The van der Waals surface area contributed by atoms with Crippen molar-refractivity contribution < 1.29 is 24.0 Å². The van der Waals surface area contributed by atoms with Crippen molar-refractivity contribution in [1.29, 1.82) is 0 Å². The van der Waals surface area contributed by atoms with Crippen LogP contribution in [0.15, 0.2) is 58.1 Å². The summed E-state index contributed by atoms with van der Waals surface area (Å²) >= 11 is 3.27. The van der Waals surface area contributed by atoms with Crippen LogP contribution in [-0.2, 0) is 14.4 Å². The number of nitrogens with one attached hydrogen (secondary N) is 3. The molecule has 1 atom stereocenters. The molecule has 3 N–H and O–H groups in total. The fourth-order valence-corrected chi connectivity index (χ4v) is 3.08. The lowest BCUT2D eigenvalue weighted by atomic mass is 9.95. The second-order valence-electron chi connectivity index (χ2n) is 8.42. The van der Waals surface area contributed by atoms with Crippen LogP contribution in [0.5, 0.6) is 0 Å². The number of urea groups is 1. The van der Waals surface area contributed by atoms with Crippen molar-refractivity contribution >= 4 is 63.2 Å². The standard InChI is InChI=1S/C23H22BrN5O5/c1-23(2,3)21(33)26-15-8-4-13(5-9-15)18(30)28-25-12-17-19(31)27-22(34)29(20(17)32)16-10-6-14(24)7-11-16/h4-12,17H,1-3H3,(H,26,33)(H,28,30)(H,27,31,34)/b25-12-/t17-/m0/s1. The van der Waals surface area contributed by atoms with Gasteiger partial charge in [0.25, 0.3) is 11.8 Å². The molecule has 1 fully saturated rings. The molecule has 3 rings (SSSR count). The minimum atomic E-state index is -1.41. The molecule has 0 unspecified atom stereocenters. The maximum absolute atomic E-state index is 12.8. The zero-order valence-corrected chi connectivity index (χ0v) is 20.2. The van der Waals surface area contributed by atoms with Gasteiger partial charge in [0.15, 0.2) is 5.92 Å². The predicted molar refractivity (Wildman–Crippen MR) is 129 cm³/mol. The van der Waals surface area contributed by atoms with Crippen LogP contribution < -0.4 is 21.0 Å². The number of halogens is 1. The van der Waals surface area contributed by atoms with Gasteiger partial charge in [-0.25, -0.2) is 15.1 Å². The Kier molecular flexibility index (Phi) is 7.26. The molecule has 0 saturated carbocycles. The second-order valence-corrected chi connectivity index (χ2v) is 9.34. The first-order chi connectivity index (χ1) is 16.0. The maximum Gasteiger partial charge on any atom is 0.335 e. The molecular weight excluding hydrogens is 506 g/mol. The number of benzene rings is 2. The molecule has 1 saturated heterocycles. The number of anilines is 2. The number of nitrogens with zero attached hydrogens (tertiary/aromatic N) is 2. The molecule has 0 aliphatic carbocycles. The molecule has 10 nitrogen and oxygen atoms in total. The number of imide groups is 2. The van der Waals surface area contributed by atoms with Crippen LogP contribution >= 0.6 is 15.9 Å². The van der Waals surface area contributed by atoms with Crippen LogP contribution in [0.4, 0.5) is 16.2 Å². The minimum absolute atomic E-state index is 0.166. The highest BCUT2D eigenvalue weighted by Gasteiger charge is 2.40. The number of amides is 6. The first kappa shape index (κ1) is 24.8. The fourth-order valence-electron chi connectivity index (χ4n) is 2.81. The summed E-state index contributed by atoms with van der Waals surface area (Å²) in [6.07, 6.45) is 0.964. The maximum atomic E-state index is 12.8. The highest BCUT2D eigenvalue weighted by molar-refractivity contribution is 9.10. The van der Waals surface area contributed by atoms with E-state index in [-0.39, 0.29) is 17.2 Å². The smallest absolute Gasteiger partial charge is 0.326 e. The van der Waals surface area contributed by atoms with E-state index >= 15 is 0 Å². The van der Waals surface area contributed by atoms with Crippen LogP contribution in [0.1, 0.15) is 31.1 Å². The van der Waals surface area contributed by atoms with Gasteiger partial charge in [-0.1, -0.05) is 36.7 Å². The van der Waals surface area contributed by atoms with Crippen LogP contribution in [0.25, 0.3) is 0 Å². The monoisotopic (exact) mass is 527 g/mol. The number of hydrogen-bond acceptors (Lipinski definition) is 6. The molecule has 176 valence electrons. The first-order valence-corrected chi connectivity index (χ1v) is 11.0. The van der Waals surface area contributed by atoms with Gasteiger partial charge < -0.3 is 5.32 Å². The number of barbiturate groups is 1. The summed E-state index contributed by atoms with van der Waals surface area (Å²) in [4.78, 5) is 62.3. The molecule has 1 aliphatic rings. The van der Waals surface area contributed by atoms with Gasteiger partial charge in [0, 0.05) is 27.4 Å². The lowest BCUT2D eigenvalue weighted by Gasteiger charge is -2.28. The predicted octanol–water partition coefficient (Wildman–Crippen LogP) is 3.05. The molecule has 2 aromatic rings. The SMILES string of the molecule is CC(C)(C)C(=O)Nc1ccc(C(=O)N/N=C\[C@H]2C(=O)NC(=O)N(c3ccc(Br)cc3)C2=O)cc1. The minimum Gasteiger partial charge on any atom is -0.326 e. The fraction of sp³-hybridized carbons (Fsp3) is 0.217. The Balaban J connectivity index is 1.65. The Hall–Kier alpha value is -3.86. The van der Waals surface area contributed by atoms with Gasteiger partial charge in [-0.15, -0.1) is 0 Å². The van der Waals surface area contributed by atoms with Gasteiger partial charge in [0.2, 0.25) is 11.8 Å². The van der Waals surface area contributed by atoms with Crippen LogP contribution in [0.2, 0.25) is 0 Å². The van der Waals surface area contributed by atoms with E-state index in [1.54, 1.807) is 57.2 Å². The number of hydrogen-bond donors (Lipinski definition) is 3. The van der Waals surface area contributed by atoms with Gasteiger partial charge >= 0.3 is 6.03 Å². The topological polar surface area (TPSA) is 137 Å². The first-order valence-electron chi connectivity index (χ1n) is 10.2. The van der Waals surface area contributed by atoms with Crippen molar-refractivity contribution in [2.24, 2.45) is 16.4 Å². The quantitative estimate of drug-likeness (QED) is 0.311. The third-order valence-corrected chi connectivity index (χ3v) is 5.29. The molecule has 0 aromatic heterocycles. The molecule has 1 aliphatic heterocycles. The van der Waals surface area contributed by atoms with Crippen molar-refractivity contribution in [3.8, 4) is 0 Å². The molecule has 0 spiro atoms. The average Bonchev–Trinajstić information content (AvgIpc) is 2.77. The van der Waals surface area contributed by atoms with Crippen molar-refractivity contribution in [1.82, 2.24) is 10.7 Å². The molecule has 0 bridgehead atoms. The molecule has 1 heterocycles. The summed E-state index contributed by atoms with van der Waals surface area (Å²) in [6.45, 7) is 5.36. The van der Waals surface area contributed by atoms with E-state index in [0.29, 0.717) is 5.69 Å². The largest absolute Gasteiger partial charge is 0.335 e. The zero-order chi connectivity index (χ0) is 25.0. The normalized spacial score (nSPS) is 16.4. The van der Waals surface area contributed by atoms with E-state index in [9.17, 15) is 24.0 Å². The summed E-state index contributed by atoms with van der Waals surface area (Å²) in [5.41, 5.74) is 2.74. The molecule has 2 aromatic carbocycles. The molecular formula is C23H22BrN5O5. The van der Waals surface area contributed by atoms with Crippen molar-refractivity contribution in [3.05, 3.63) is 58.6 Å². The van der Waals surface area contributed by atoms with Gasteiger partial charge in [0.05, 0.1) is 5.69 Å². The Morgan fingerprint density at radius 1 is 1.03 bits per heavy atom. The number of carbonyl (C=O) groups excluding carboxylic acids is 5. The highest BCUT2D eigenvalue weighted by Crippen LogP contribution is 2.22. The summed E-state index contributed by atoms with van der Waals surface area (Å²) in [6, 6.07) is 11.6. The molecule has 11 heteroatoms. The van der Waals surface area contributed by atoms with Crippen LogP contribution in [0.3, 0.4) is 0 Å². The summed E-state index contributed by atoms with van der Waals surface area (Å²) < 4.78 is 0.752. The summed E-state index contributed by atoms with van der Waals surface area (Å²) in [5, 5.41) is 8.57. The van der Waals surface area contributed by atoms with E-state index < -0.39 is 35.1 Å². The van der Waals surface area contributed by atoms with E-state index in [2.05, 4.69) is 37.1 Å². The summed E-state index contributed by atoms with van der Waals surface area (Å²) in [5.74, 6) is -3.81. The van der Waals surface area contributed by atoms with Gasteiger partial charge in [-0.3, -0.25) is 24.5 Å². The van der Waals surface area contributed by atoms with E-state index in [4.69, 9.17) is 0 Å². The van der Waals surface area contributed by atoms with Crippen molar-refractivity contribution in [2.75, 3.05) is 10.2 Å². The Morgan fingerprint density at radius 3 is 2.24 bits per heavy atom. The Morgan fingerprint density at radius 2 is 1.65 bits per heavy atom. The van der Waals surface area contributed by atoms with E-state index in [0.717, 1.165) is 15.6 Å². The second kappa shape index (κ2) is 9.96. The lowest BCUT2D eigenvalue weighted by molar-refractivity contribution is -0.131. The number of hydrazone groups is 1. The Labute approximate surface area is 203 Å². The Bertz CT molecular complexity index is 1170. The average molecular weight is 528 g/mol. The zero-order valence-electron chi connectivity index (χ0n) is 18.6. The lowest BCUT2D eigenvalue weighted by Crippen LogP contribution is -2.58. The highest BCUT2D eigenvalue weighted by atomic mass is 79.9.